The monoisotopic (exact) mass is 355 g/mol. The summed E-state index contributed by atoms with van der Waals surface area (Å²) >= 11 is 0. The predicted molar refractivity (Wildman–Crippen MR) is 28.5 cm³/mol. The molecular weight excluding hydrogens is 352 g/mol. The molecule has 0 saturated carbocycles. The van der Waals surface area contributed by atoms with Gasteiger partial charge in [-0.05, 0) is 0 Å². The molecule has 2 radical (unpaired) electrons. The van der Waals surface area contributed by atoms with Crippen molar-refractivity contribution in [1.29, 1.82) is 0 Å². The molecule has 0 unspecified atom stereocenters. The molecule has 1 rings (SSSR count). The first-order valence-corrected chi connectivity index (χ1v) is 1.97. The minimum atomic E-state index is 0. The van der Waals surface area contributed by atoms with Crippen molar-refractivity contribution in [1.82, 2.24) is 4.98 Å². The van der Waals surface area contributed by atoms with Crippen LogP contribution in [0.1, 0.15) is 0 Å². The Kier molecular flexibility index (Phi) is 1.86. The van der Waals surface area contributed by atoms with Crippen LogP contribution in [0.15, 0.2) is 18.5 Å². The first kappa shape index (κ1) is 6.21. The fourth-order valence-electron chi connectivity index (χ4n) is 0.326. The average Bonchev–Trinajstić information content (AvgIpc) is 1.69. The van der Waals surface area contributed by atoms with E-state index in [0.29, 0.717) is 5.46 Å². The van der Waals surface area contributed by atoms with Gasteiger partial charge in [-0.15, -0.1) is 0 Å². The van der Waals surface area contributed by atoms with Gasteiger partial charge in [-0.1, -0.05) is 12.4 Å². The van der Waals surface area contributed by atoms with Gasteiger partial charge in [0.05, 0.1) is 7.85 Å². The van der Waals surface area contributed by atoms with Crippen LogP contribution in [0.5, 0.6) is 0 Å². The van der Waals surface area contributed by atoms with Crippen LogP contribution < -0.4 is 5.46 Å². The molecule has 0 aliphatic carbocycles. The topological polar surface area (TPSA) is 12.9 Å². The zero-order chi connectivity index (χ0) is 5.11. The second-order valence-electron chi connectivity index (χ2n) is 1.19. The molecule has 1 nitrogen and oxygen atoms in total. The van der Waals surface area contributed by atoms with E-state index in [1.165, 1.54) is 6.20 Å². The van der Waals surface area contributed by atoms with Crippen molar-refractivity contribution in [2.75, 3.05) is 0 Å². The van der Waals surface area contributed by atoms with Gasteiger partial charge in [0.1, 0.15) is 0 Å². The maximum atomic E-state index is 5.26. The van der Waals surface area contributed by atoms with E-state index >= 15 is 0 Å². The maximum Gasteiger partial charge on any atom is 0.0639 e. The summed E-state index contributed by atoms with van der Waals surface area (Å²) in [5.41, 5.74) is 0.634. The third kappa shape index (κ3) is 1.13. The SMILES string of the molecule is [B]c1[c-]cncc1.[Rf]. The molecule has 0 aliphatic rings. The van der Waals surface area contributed by atoms with Crippen LogP contribution in [-0.2, 0) is 0 Å². The molecule has 8 heavy (non-hydrogen) atoms. The molecule has 0 saturated heterocycles. The largest absolute Gasteiger partial charge is 0.304 e. The van der Waals surface area contributed by atoms with Crippen LogP contribution >= 0.6 is 0 Å². The summed E-state index contributed by atoms with van der Waals surface area (Å²) in [6.45, 7) is 0. The van der Waals surface area contributed by atoms with Crippen LogP contribution in [0, 0.1) is 6.07 Å². The van der Waals surface area contributed by atoms with E-state index in [9.17, 15) is 0 Å². The zero-order valence-electron chi connectivity index (χ0n) is 4.46. The normalized spacial score (nSPS) is 7.50. The van der Waals surface area contributed by atoms with Gasteiger partial charge >= 0.3 is 0 Å². The van der Waals surface area contributed by atoms with E-state index in [1.54, 1.807) is 12.3 Å². The molecule has 1 heterocycles. The summed E-state index contributed by atoms with van der Waals surface area (Å²) in [5, 5.41) is 0. The third-order valence-electron chi connectivity index (χ3n) is 0.646. The molecule has 34 valence electrons. The zero-order valence-corrected chi connectivity index (χ0v) is 10.9. The Balaban J connectivity index is 0.000000490. The smallest absolute Gasteiger partial charge is 0.0639 e. The minimum Gasteiger partial charge on any atom is -0.304 e. The number of hydrogen-bond acceptors (Lipinski definition) is 1. The van der Waals surface area contributed by atoms with Crippen molar-refractivity contribution in [3.8, 4) is 0 Å². The molecule has 0 spiro atoms. The Bertz CT molecular complexity index is 142. The molecule has 0 bridgehead atoms. The van der Waals surface area contributed by atoms with Crippen LogP contribution in [0.2, 0.25) is 0 Å². The second kappa shape index (κ2) is 2.40. The van der Waals surface area contributed by atoms with E-state index in [0.717, 1.165) is 0 Å². The first-order chi connectivity index (χ1) is 3.39. The van der Waals surface area contributed by atoms with E-state index in [-0.39, 0.29) is 0 Å². The van der Waals surface area contributed by atoms with E-state index in [1.807, 2.05) is 0 Å². The number of hydrogen-bond donors (Lipinski definition) is 0. The van der Waals surface area contributed by atoms with Crippen molar-refractivity contribution in [2.24, 2.45) is 0 Å². The Morgan fingerprint density at radius 1 is 1.62 bits per heavy atom. The van der Waals surface area contributed by atoms with Gasteiger partial charge in [0, 0.05) is 0 Å². The Labute approximate surface area is 43.8 Å². The first-order valence-electron chi connectivity index (χ1n) is 1.97. The summed E-state index contributed by atoms with van der Waals surface area (Å²) in [7, 11) is 5.26. The van der Waals surface area contributed by atoms with E-state index in [2.05, 4.69) is 11.1 Å². The molecular formula is C5H3BNRf-. The van der Waals surface area contributed by atoms with Crippen LogP contribution in [0.4, 0.5) is 0 Å². The quantitative estimate of drug-likeness (QED) is 0.459. The number of nitrogens with zero attached hydrogens (tertiary/aromatic N) is 1. The van der Waals surface area contributed by atoms with Crippen LogP contribution in [0.3, 0.4) is 0 Å². The summed E-state index contributed by atoms with van der Waals surface area (Å²) in [6.07, 6.45) is 3.17. The van der Waals surface area contributed by atoms with Gasteiger partial charge in [-0.2, -0.15) is 6.07 Å². The molecule has 0 N–H and O–H groups in total. The fraction of sp³-hybridized carbons (Fsp3) is 0. The minimum absolute atomic E-state index is 0. The molecule has 0 aliphatic heterocycles. The Morgan fingerprint density at radius 2 is 2.38 bits per heavy atom. The van der Waals surface area contributed by atoms with Gasteiger partial charge in [0.15, 0.2) is 0 Å². The summed E-state index contributed by atoms with van der Waals surface area (Å²) in [4.78, 5) is 3.71. The summed E-state index contributed by atoms with van der Waals surface area (Å²) in [6, 6.07) is 4.39. The molecule has 3 heteroatoms. The molecule has 1 aromatic rings. The molecule has 0 aromatic carbocycles. The molecule has 0 fully saturated rings. The van der Waals surface area contributed by atoms with Gasteiger partial charge in [0.25, 0.3) is 0 Å². The second-order valence-corrected chi connectivity index (χ2v) is 1.19. The summed E-state index contributed by atoms with van der Waals surface area (Å²) < 4.78 is 0. The fourth-order valence-corrected chi connectivity index (χ4v) is 0.326. The molecule has 0 atom stereocenters. The molecule has 0 amide bonds. The summed E-state index contributed by atoms with van der Waals surface area (Å²) in [5.74, 6) is 0. The van der Waals surface area contributed by atoms with E-state index < -0.39 is 0 Å². The third-order valence-corrected chi connectivity index (χ3v) is 0.646. The van der Waals surface area contributed by atoms with Crippen molar-refractivity contribution in [3.05, 3.63) is 24.5 Å². The van der Waals surface area contributed by atoms with Crippen molar-refractivity contribution >= 4 is 13.3 Å². The van der Waals surface area contributed by atoms with Crippen LogP contribution in [-0.4, -0.2) is 12.8 Å². The molecule has 1 aromatic heterocycles. The maximum absolute atomic E-state index is 5.26. The van der Waals surface area contributed by atoms with Crippen LogP contribution in [0.25, 0.3) is 0 Å². The standard InChI is InChI=1S/C5H3BN.Rf/c6-5-1-3-7-4-2-5;/h1,3-4H;/q-1;. The van der Waals surface area contributed by atoms with Gasteiger partial charge in [-0.25, -0.2) is 6.07 Å². The van der Waals surface area contributed by atoms with Crippen molar-refractivity contribution in [2.45, 2.75) is 0 Å². The number of pyridine rings is 1. The number of aromatic nitrogens is 1. The van der Waals surface area contributed by atoms with Crippen molar-refractivity contribution in [3.63, 3.8) is 0 Å². The van der Waals surface area contributed by atoms with Gasteiger partial charge < -0.3 is 4.98 Å². The van der Waals surface area contributed by atoms with Gasteiger partial charge in [0.2, 0.25) is 0 Å². The Morgan fingerprint density at radius 3 is 2.62 bits per heavy atom. The Hall–Kier alpha value is -1.79. The van der Waals surface area contributed by atoms with E-state index in [4.69, 9.17) is 7.85 Å². The number of rotatable bonds is 0. The average molecular weight is 355 g/mol. The van der Waals surface area contributed by atoms with Crippen molar-refractivity contribution < 1.29 is 0 Å². The predicted octanol–water partition coefficient (Wildman–Crippen LogP) is -0.324. The van der Waals surface area contributed by atoms with Gasteiger partial charge in [-0.3, -0.25) is 5.46 Å².